The lowest BCUT2D eigenvalue weighted by Crippen LogP contribution is -2.46. The van der Waals surface area contributed by atoms with E-state index in [1.165, 1.54) is 0 Å². The van der Waals surface area contributed by atoms with Crippen LogP contribution in [0, 0.1) is 6.92 Å². The number of allylic oxidation sites excluding steroid dienone is 1. The summed E-state index contributed by atoms with van der Waals surface area (Å²) in [5.74, 6) is 0. The highest BCUT2D eigenvalue weighted by Gasteiger charge is 2.34. The van der Waals surface area contributed by atoms with Gasteiger partial charge in [0.25, 0.3) is 0 Å². The van der Waals surface area contributed by atoms with Gasteiger partial charge >= 0.3 is 6.03 Å². The quantitative estimate of drug-likeness (QED) is 0.796. The minimum atomic E-state index is -0.816. The fourth-order valence-electron chi connectivity index (χ4n) is 2.88. The maximum Gasteiger partial charge on any atom is 0.329 e. The second-order valence-electron chi connectivity index (χ2n) is 6.13. The van der Waals surface area contributed by atoms with Crippen LogP contribution in [0.15, 0.2) is 65.9 Å². The summed E-state index contributed by atoms with van der Waals surface area (Å²) in [7, 11) is 0. The summed E-state index contributed by atoms with van der Waals surface area (Å²) >= 11 is 5.92. The summed E-state index contributed by atoms with van der Waals surface area (Å²) in [4.78, 5) is 36.6. The van der Waals surface area contributed by atoms with E-state index >= 15 is 0 Å². The molecule has 6 heteroatoms. The van der Waals surface area contributed by atoms with Crippen molar-refractivity contribution in [1.29, 1.82) is 0 Å². The number of nitrogens with one attached hydrogen (secondary N) is 1. The van der Waals surface area contributed by atoms with Crippen LogP contribution in [-0.2, 0) is 9.59 Å². The van der Waals surface area contributed by atoms with Crippen LogP contribution in [0.1, 0.15) is 22.7 Å². The van der Waals surface area contributed by atoms with Crippen molar-refractivity contribution >= 4 is 36.4 Å². The van der Waals surface area contributed by atoms with Crippen molar-refractivity contribution in [1.82, 2.24) is 10.2 Å². The summed E-state index contributed by atoms with van der Waals surface area (Å²) in [6, 6.07) is 13.1. The number of imide groups is 1. The molecule has 0 aliphatic carbocycles. The largest absolute Gasteiger partial charge is 0.329 e. The molecular formula is C21H17ClN2O3. The molecule has 27 heavy (non-hydrogen) atoms. The molecule has 0 bridgehead atoms. The zero-order chi connectivity index (χ0) is 19.4. The van der Waals surface area contributed by atoms with Gasteiger partial charge in [0.05, 0.1) is 11.7 Å². The number of rotatable bonds is 5. The van der Waals surface area contributed by atoms with Gasteiger partial charge in [-0.15, -0.1) is 0 Å². The first-order valence-corrected chi connectivity index (χ1v) is 8.65. The van der Waals surface area contributed by atoms with E-state index in [1.807, 2.05) is 31.2 Å². The van der Waals surface area contributed by atoms with Crippen molar-refractivity contribution < 1.29 is 14.4 Å². The number of urea groups is 1. The molecule has 1 heterocycles. The van der Waals surface area contributed by atoms with Crippen LogP contribution in [0.4, 0.5) is 4.79 Å². The first-order chi connectivity index (χ1) is 13.0. The van der Waals surface area contributed by atoms with E-state index < -0.39 is 12.1 Å². The van der Waals surface area contributed by atoms with Crippen molar-refractivity contribution in [2.75, 3.05) is 0 Å². The molecule has 1 unspecified atom stereocenters. The monoisotopic (exact) mass is 380 g/mol. The Balaban J connectivity index is 2.05. The van der Waals surface area contributed by atoms with E-state index in [0.717, 1.165) is 16.0 Å². The number of aryl methyl sites for hydroxylation is 1. The zero-order valence-corrected chi connectivity index (χ0v) is 15.3. The van der Waals surface area contributed by atoms with E-state index in [2.05, 4.69) is 5.32 Å². The Bertz CT molecular complexity index is 931. The number of halogens is 1. The maximum absolute atomic E-state index is 12.4. The van der Waals surface area contributed by atoms with E-state index in [1.54, 1.807) is 36.4 Å². The van der Waals surface area contributed by atoms with Crippen LogP contribution in [0.3, 0.4) is 0 Å². The Morgan fingerprint density at radius 3 is 2.26 bits per heavy atom. The molecule has 0 saturated heterocycles. The number of hydrogen-bond donors (Lipinski definition) is 1. The SMILES string of the molecule is Cc1ccc(/C=C/C2=C(C=O)C(c3ccc(Cl)cc3)N(C=O)C(=O)N2)cc1. The fraction of sp³-hybridized carbons (Fsp3) is 0.0952. The molecule has 1 N–H and O–H groups in total. The smallest absolute Gasteiger partial charge is 0.307 e. The highest BCUT2D eigenvalue weighted by Crippen LogP contribution is 2.32. The molecule has 1 aliphatic heterocycles. The van der Waals surface area contributed by atoms with Crippen LogP contribution in [-0.4, -0.2) is 23.6 Å². The summed E-state index contributed by atoms with van der Waals surface area (Å²) in [6.45, 7) is 1.99. The van der Waals surface area contributed by atoms with Crippen molar-refractivity contribution in [3.63, 3.8) is 0 Å². The Hall–Kier alpha value is -3.18. The fourth-order valence-corrected chi connectivity index (χ4v) is 3.01. The summed E-state index contributed by atoms with van der Waals surface area (Å²) < 4.78 is 0. The number of amides is 3. The minimum absolute atomic E-state index is 0.285. The van der Waals surface area contributed by atoms with Crippen LogP contribution in [0.25, 0.3) is 6.08 Å². The predicted molar refractivity (Wildman–Crippen MR) is 104 cm³/mol. The molecule has 1 atom stereocenters. The number of hydrogen-bond acceptors (Lipinski definition) is 3. The number of nitrogens with zero attached hydrogens (tertiary/aromatic N) is 1. The van der Waals surface area contributed by atoms with Gasteiger partial charge in [0.2, 0.25) is 6.41 Å². The van der Waals surface area contributed by atoms with Crippen LogP contribution < -0.4 is 5.32 Å². The first-order valence-electron chi connectivity index (χ1n) is 8.27. The molecule has 0 fully saturated rings. The lowest BCUT2D eigenvalue weighted by Gasteiger charge is -2.33. The molecule has 2 aromatic carbocycles. The number of carbonyl (C=O) groups is 3. The lowest BCUT2D eigenvalue weighted by atomic mass is 9.94. The zero-order valence-electron chi connectivity index (χ0n) is 14.6. The molecular weight excluding hydrogens is 364 g/mol. The van der Waals surface area contributed by atoms with Crippen molar-refractivity contribution in [2.45, 2.75) is 13.0 Å². The summed E-state index contributed by atoms with van der Waals surface area (Å²) in [6.07, 6.45) is 4.54. The third-order valence-electron chi connectivity index (χ3n) is 4.31. The molecule has 0 radical (unpaired) electrons. The predicted octanol–water partition coefficient (Wildman–Crippen LogP) is 4.04. The Morgan fingerprint density at radius 1 is 1.00 bits per heavy atom. The summed E-state index contributed by atoms with van der Waals surface area (Å²) in [5, 5.41) is 3.12. The number of aldehydes is 1. The molecule has 0 saturated carbocycles. The molecule has 1 aliphatic rings. The van der Waals surface area contributed by atoms with Gasteiger partial charge in [0, 0.05) is 10.6 Å². The average Bonchev–Trinajstić information content (AvgIpc) is 2.67. The van der Waals surface area contributed by atoms with Gasteiger partial charge in [-0.05, 0) is 36.3 Å². The lowest BCUT2D eigenvalue weighted by molar-refractivity contribution is -0.117. The van der Waals surface area contributed by atoms with Crippen LogP contribution in [0.5, 0.6) is 0 Å². The first kappa shape index (κ1) is 18.6. The van der Waals surface area contributed by atoms with Gasteiger partial charge < -0.3 is 5.32 Å². The molecule has 3 rings (SSSR count). The van der Waals surface area contributed by atoms with Gasteiger partial charge in [-0.3, -0.25) is 14.5 Å². The second-order valence-corrected chi connectivity index (χ2v) is 6.56. The van der Waals surface area contributed by atoms with Gasteiger partial charge in [-0.2, -0.15) is 0 Å². The molecule has 136 valence electrons. The minimum Gasteiger partial charge on any atom is -0.307 e. The van der Waals surface area contributed by atoms with E-state index in [4.69, 9.17) is 11.6 Å². The van der Waals surface area contributed by atoms with E-state index in [9.17, 15) is 14.4 Å². The average molecular weight is 381 g/mol. The van der Waals surface area contributed by atoms with Gasteiger partial charge in [0.15, 0.2) is 6.29 Å². The van der Waals surface area contributed by atoms with Gasteiger partial charge in [0.1, 0.15) is 0 Å². The number of benzene rings is 2. The van der Waals surface area contributed by atoms with Crippen molar-refractivity contribution in [3.05, 3.63) is 87.6 Å². The standard InChI is InChI=1S/C21H17ClN2O3/c1-14-2-4-15(5-3-14)6-11-19-18(12-25)20(24(13-26)21(27)23-19)16-7-9-17(22)10-8-16/h2-13,20H,1H3,(H,23,27)/b11-6+. The second kappa shape index (κ2) is 8.01. The number of carbonyl (C=O) groups excluding carboxylic acids is 3. The molecule has 0 spiro atoms. The normalized spacial score (nSPS) is 17.2. The van der Waals surface area contributed by atoms with Crippen molar-refractivity contribution in [2.24, 2.45) is 0 Å². The third kappa shape index (κ3) is 3.99. The van der Waals surface area contributed by atoms with E-state index in [-0.39, 0.29) is 5.57 Å². The highest BCUT2D eigenvalue weighted by molar-refractivity contribution is 6.30. The Kier molecular flexibility index (Phi) is 5.52. The third-order valence-corrected chi connectivity index (χ3v) is 4.56. The van der Waals surface area contributed by atoms with Gasteiger partial charge in [-0.1, -0.05) is 59.6 Å². The van der Waals surface area contributed by atoms with Crippen LogP contribution >= 0.6 is 11.6 Å². The molecule has 5 nitrogen and oxygen atoms in total. The van der Waals surface area contributed by atoms with Crippen molar-refractivity contribution in [3.8, 4) is 0 Å². The summed E-state index contributed by atoms with van der Waals surface area (Å²) in [5.41, 5.74) is 3.31. The molecule has 0 aromatic heterocycles. The van der Waals surface area contributed by atoms with Gasteiger partial charge in [-0.25, -0.2) is 4.79 Å². The topological polar surface area (TPSA) is 66.5 Å². The van der Waals surface area contributed by atoms with Crippen LogP contribution in [0.2, 0.25) is 5.02 Å². The maximum atomic E-state index is 12.4. The Morgan fingerprint density at radius 2 is 1.67 bits per heavy atom. The van der Waals surface area contributed by atoms with E-state index in [0.29, 0.717) is 29.0 Å². The highest BCUT2D eigenvalue weighted by atomic mass is 35.5. The molecule has 3 amide bonds. The molecule has 2 aromatic rings. The Labute approximate surface area is 161 Å².